The van der Waals surface area contributed by atoms with Gasteiger partial charge in [0.1, 0.15) is 18.0 Å². The fraction of sp³-hybridized carbons (Fsp3) is 0.143. The Balaban J connectivity index is 2.13. The molecule has 0 spiro atoms. The third-order valence-corrected chi connectivity index (χ3v) is 3.39. The molecule has 5 heteroatoms. The van der Waals surface area contributed by atoms with Gasteiger partial charge in [0.25, 0.3) is 0 Å². The van der Waals surface area contributed by atoms with Crippen molar-refractivity contribution in [1.82, 2.24) is 9.97 Å². The highest BCUT2D eigenvalue weighted by atomic mass is 79.9. The van der Waals surface area contributed by atoms with Crippen molar-refractivity contribution in [2.75, 3.05) is 17.2 Å². The van der Waals surface area contributed by atoms with Gasteiger partial charge in [0.05, 0.1) is 0 Å². The van der Waals surface area contributed by atoms with Gasteiger partial charge in [0, 0.05) is 22.8 Å². The first-order chi connectivity index (χ1) is 9.19. The minimum Gasteiger partial charge on any atom is -0.366 e. The summed E-state index contributed by atoms with van der Waals surface area (Å²) >= 11 is 3.51. The van der Waals surface area contributed by atoms with E-state index in [4.69, 9.17) is 0 Å². The van der Waals surface area contributed by atoms with Gasteiger partial charge in [-0.05, 0) is 24.6 Å². The molecule has 2 N–H and O–H groups in total. The number of anilines is 3. The Kier molecular flexibility index (Phi) is 4.52. The van der Waals surface area contributed by atoms with Gasteiger partial charge in [-0.2, -0.15) is 0 Å². The Labute approximate surface area is 121 Å². The predicted molar refractivity (Wildman–Crippen MR) is 82.9 cm³/mol. The molecule has 98 valence electrons. The monoisotopic (exact) mass is 318 g/mol. The molecule has 4 nitrogen and oxygen atoms in total. The van der Waals surface area contributed by atoms with Gasteiger partial charge in [0.2, 0.25) is 0 Å². The zero-order chi connectivity index (χ0) is 13.7. The first-order valence-electron chi connectivity index (χ1n) is 5.89. The van der Waals surface area contributed by atoms with Crippen molar-refractivity contribution in [3.05, 3.63) is 53.3 Å². The van der Waals surface area contributed by atoms with Crippen molar-refractivity contribution in [2.24, 2.45) is 0 Å². The van der Waals surface area contributed by atoms with E-state index in [9.17, 15) is 0 Å². The lowest BCUT2D eigenvalue weighted by atomic mass is 10.2. The maximum atomic E-state index is 4.19. The molecule has 0 aliphatic carbocycles. The van der Waals surface area contributed by atoms with Crippen LogP contribution < -0.4 is 10.6 Å². The van der Waals surface area contributed by atoms with Crippen LogP contribution in [0.25, 0.3) is 0 Å². The minimum atomic E-state index is 0.673. The van der Waals surface area contributed by atoms with E-state index in [1.165, 1.54) is 11.9 Å². The molecule has 0 saturated carbocycles. The molecule has 19 heavy (non-hydrogen) atoms. The normalized spacial score (nSPS) is 10.0. The van der Waals surface area contributed by atoms with Crippen molar-refractivity contribution >= 4 is 33.3 Å². The van der Waals surface area contributed by atoms with E-state index < -0.39 is 0 Å². The van der Waals surface area contributed by atoms with Crippen molar-refractivity contribution in [3.8, 4) is 0 Å². The van der Waals surface area contributed by atoms with Gasteiger partial charge in [-0.15, -0.1) is 6.58 Å². The molecule has 0 aliphatic heterocycles. The van der Waals surface area contributed by atoms with Crippen molar-refractivity contribution in [1.29, 1.82) is 0 Å². The first-order valence-corrected chi connectivity index (χ1v) is 6.68. The minimum absolute atomic E-state index is 0.673. The number of rotatable bonds is 5. The number of nitrogens with one attached hydrogen (secondary N) is 2. The van der Waals surface area contributed by atoms with E-state index in [1.807, 2.05) is 24.3 Å². The van der Waals surface area contributed by atoms with Gasteiger partial charge in [-0.25, -0.2) is 9.97 Å². The van der Waals surface area contributed by atoms with Crippen LogP contribution in [0.4, 0.5) is 17.3 Å². The molecule has 0 fully saturated rings. The average Bonchev–Trinajstić information content (AvgIpc) is 2.41. The highest BCUT2D eigenvalue weighted by Crippen LogP contribution is 2.23. The number of aryl methyl sites for hydroxylation is 1. The van der Waals surface area contributed by atoms with E-state index in [0.717, 1.165) is 21.8 Å². The highest BCUT2D eigenvalue weighted by Gasteiger charge is 2.01. The molecule has 1 aromatic heterocycles. The quantitative estimate of drug-likeness (QED) is 0.821. The smallest absolute Gasteiger partial charge is 0.135 e. The molecule has 0 bridgehead atoms. The number of halogens is 1. The van der Waals surface area contributed by atoms with Crippen LogP contribution in [0.2, 0.25) is 0 Å². The summed E-state index contributed by atoms with van der Waals surface area (Å²) in [5.74, 6) is 1.51. The Morgan fingerprint density at radius 1 is 1.26 bits per heavy atom. The predicted octanol–water partition coefficient (Wildman–Crippen LogP) is 3.89. The van der Waals surface area contributed by atoms with E-state index in [-0.39, 0.29) is 0 Å². The third kappa shape index (κ3) is 3.79. The lowest BCUT2D eigenvalue weighted by Gasteiger charge is -2.08. The van der Waals surface area contributed by atoms with E-state index in [2.05, 4.69) is 50.0 Å². The number of hydrogen-bond acceptors (Lipinski definition) is 4. The van der Waals surface area contributed by atoms with Crippen LogP contribution in [0, 0.1) is 6.92 Å². The molecule has 0 unspecified atom stereocenters. The summed E-state index contributed by atoms with van der Waals surface area (Å²) in [4.78, 5) is 8.32. The van der Waals surface area contributed by atoms with Crippen LogP contribution in [0.15, 0.2) is 47.7 Å². The summed E-state index contributed by atoms with van der Waals surface area (Å²) in [7, 11) is 0. The molecular weight excluding hydrogens is 304 g/mol. The maximum absolute atomic E-state index is 4.19. The maximum Gasteiger partial charge on any atom is 0.135 e. The zero-order valence-electron chi connectivity index (χ0n) is 10.7. The Bertz CT molecular complexity index is 583. The Hall–Kier alpha value is -1.88. The SMILES string of the molecule is C=CCNc1cc(Nc2ccc(C)c(Br)c2)ncn1. The van der Waals surface area contributed by atoms with E-state index >= 15 is 0 Å². The number of hydrogen-bond donors (Lipinski definition) is 2. The lowest BCUT2D eigenvalue weighted by molar-refractivity contribution is 1.14. The fourth-order valence-corrected chi connectivity index (χ4v) is 1.90. The second-order valence-corrected chi connectivity index (χ2v) is 4.90. The topological polar surface area (TPSA) is 49.8 Å². The van der Waals surface area contributed by atoms with Gasteiger partial charge in [-0.3, -0.25) is 0 Å². The summed E-state index contributed by atoms with van der Waals surface area (Å²) in [6.45, 7) is 6.38. The van der Waals surface area contributed by atoms with Crippen LogP contribution in [0.5, 0.6) is 0 Å². The molecule has 1 heterocycles. The average molecular weight is 319 g/mol. The molecule has 2 rings (SSSR count). The van der Waals surface area contributed by atoms with Crippen LogP contribution in [0.3, 0.4) is 0 Å². The van der Waals surface area contributed by atoms with Gasteiger partial charge < -0.3 is 10.6 Å². The first kappa shape index (κ1) is 13.5. The number of aromatic nitrogens is 2. The van der Waals surface area contributed by atoms with Crippen LogP contribution >= 0.6 is 15.9 Å². The van der Waals surface area contributed by atoms with Crippen LogP contribution in [0.1, 0.15) is 5.56 Å². The molecular formula is C14H15BrN4. The highest BCUT2D eigenvalue weighted by molar-refractivity contribution is 9.10. The molecule has 0 amide bonds. The summed E-state index contributed by atoms with van der Waals surface area (Å²) in [5, 5.41) is 6.36. The molecule has 0 atom stereocenters. The summed E-state index contributed by atoms with van der Waals surface area (Å²) in [6.07, 6.45) is 3.31. The van der Waals surface area contributed by atoms with Gasteiger partial charge >= 0.3 is 0 Å². The van der Waals surface area contributed by atoms with Crippen LogP contribution in [-0.2, 0) is 0 Å². The number of nitrogens with zero attached hydrogens (tertiary/aromatic N) is 2. The van der Waals surface area contributed by atoms with Crippen molar-refractivity contribution in [3.63, 3.8) is 0 Å². The standard InChI is InChI=1S/C14H15BrN4/c1-3-6-16-13-8-14(18-9-17-13)19-11-5-4-10(2)12(15)7-11/h3-5,7-9H,1,6H2,2H3,(H2,16,17,18,19). The molecule has 0 saturated heterocycles. The van der Waals surface area contributed by atoms with Gasteiger partial charge in [-0.1, -0.05) is 28.1 Å². The summed E-state index contributed by atoms with van der Waals surface area (Å²) < 4.78 is 1.07. The second kappa shape index (κ2) is 6.33. The summed E-state index contributed by atoms with van der Waals surface area (Å²) in [5.41, 5.74) is 2.17. The third-order valence-electron chi connectivity index (χ3n) is 2.54. The number of benzene rings is 1. The van der Waals surface area contributed by atoms with Crippen molar-refractivity contribution in [2.45, 2.75) is 6.92 Å². The molecule has 0 radical (unpaired) electrons. The largest absolute Gasteiger partial charge is 0.366 e. The van der Waals surface area contributed by atoms with Crippen LogP contribution in [-0.4, -0.2) is 16.5 Å². The van der Waals surface area contributed by atoms with E-state index in [1.54, 1.807) is 6.08 Å². The molecule has 1 aromatic carbocycles. The molecule has 2 aromatic rings. The fourth-order valence-electron chi connectivity index (χ4n) is 1.52. The lowest BCUT2D eigenvalue weighted by Crippen LogP contribution is -2.02. The van der Waals surface area contributed by atoms with Gasteiger partial charge in [0.15, 0.2) is 0 Å². The molecule has 0 aliphatic rings. The Morgan fingerprint density at radius 3 is 2.79 bits per heavy atom. The second-order valence-electron chi connectivity index (χ2n) is 4.05. The Morgan fingerprint density at radius 2 is 2.05 bits per heavy atom. The zero-order valence-corrected chi connectivity index (χ0v) is 12.2. The van der Waals surface area contributed by atoms with Crippen molar-refractivity contribution < 1.29 is 0 Å². The van der Waals surface area contributed by atoms with E-state index in [0.29, 0.717) is 6.54 Å². The summed E-state index contributed by atoms with van der Waals surface area (Å²) in [6, 6.07) is 7.94.